The van der Waals surface area contributed by atoms with Gasteiger partial charge < -0.3 is 19.5 Å². The van der Waals surface area contributed by atoms with Crippen molar-refractivity contribution < 1.29 is 29.0 Å². The summed E-state index contributed by atoms with van der Waals surface area (Å²) in [5.41, 5.74) is 0. The Kier molecular flexibility index (Phi) is 8.35. The third-order valence-corrected chi connectivity index (χ3v) is 2.90. The number of ether oxygens (including phenoxy) is 2. The highest BCUT2D eigenvalue weighted by Crippen LogP contribution is 2.17. The predicted molar refractivity (Wildman–Crippen MR) is 71.3 cm³/mol. The zero-order chi connectivity index (χ0) is 15.7. The van der Waals surface area contributed by atoms with E-state index in [2.05, 4.69) is 4.74 Å². The molecule has 7 nitrogen and oxygen atoms in total. The molecule has 7 heteroatoms. The summed E-state index contributed by atoms with van der Waals surface area (Å²) in [6, 6.07) is -1.02. The van der Waals surface area contributed by atoms with E-state index in [1.165, 1.54) is 12.0 Å². The lowest BCUT2D eigenvalue weighted by Gasteiger charge is -2.33. The molecule has 0 aliphatic carbocycles. The largest absolute Gasteiger partial charge is 0.481 e. The van der Waals surface area contributed by atoms with Gasteiger partial charge in [0, 0.05) is 12.1 Å². The quantitative estimate of drug-likeness (QED) is 0.683. The Hall–Kier alpha value is -1.79. The van der Waals surface area contributed by atoms with Crippen LogP contribution in [0, 0.1) is 0 Å². The zero-order valence-corrected chi connectivity index (χ0v) is 12.4. The first-order valence-electron chi connectivity index (χ1n) is 6.60. The van der Waals surface area contributed by atoms with Crippen LogP contribution in [0.4, 0.5) is 4.79 Å². The Morgan fingerprint density at radius 3 is 2.20 bits per heavy atom. The highest BCUT2D eigenvalue weighted by atomic mass is 16.5. The lowest BCUT2D eigenvalue weighted by atomic mass is 10.1. The molecule has 20 heavy (non-hydrogen) atoms. The van der Waals surface area contributed by atoms with Crippen LogP contribution in [-0.2, 0) is 19.1 Å². The van der Waals surface area contributed by atoms with Crippen LogP contribution in [0.3, 0.4) is 0 Å². The molecular formula is C13H23NO6. The number of aliphatic carboxylic acids is 1. The molecule has 0 fully saturated rings. The van der Waals surface area contributed by atoms with Crippen LogP contribution in [0.15, 0.2) is 0 Å². The molecule has 0 spiro atoms. The Balaban J connectivity index is 4.97. The summed E-state index contributed by atoms with van der Waals surface area (Å²) in [4.78, 5) is 35.5. The minimum atomic E-state index is -1.01. The molecule has 1 N–H and O–H groups in total. The molecule has 0 aromatic rings. The molecular weight excluding hydrogens is 266 g/mol. The molecule has 116 valence electrons. The van der Waals surface area contributed by atoms with Gasteiger partial charge in [-0.25, -0.2) is 4.79 Å². The second-order valence-electron chi connectivity index (χ2n) is 4.40. The lowest BCUT2D eigenvalue weighted by molar-refractivity contribution is -0.144. The van der Waals surface area contributed by atoms with Crippen LogP contribution >= 0.6 is 0 Å². The molecule has 0 aromatic heterocycles. The number of nitrogens with zero attached hydrogens (tertiary/aromatic N) is 1. The second kappa shape index (κ2) is 9.17. The predicted octanol–water partition coefficient (Wildman–Crippen LogP) is 1.65. The monoisotopic (exact) mass is 289 g/mol. The fourth-order valence-corrected chi connectivity index (χ4v) is 1.99. The molecule has 0 aliphatic rings. The van der Waals surface area contributed by atoms with Gasteiger partial charge in [-0.2, -0.15) is 0 Å². The van der Waals surface area contributed by atoms with Gasteiger partial charge in [0.05, 0.1) is 26.6 Å². The standard InChI is InChI=1S/C13H23NO6/c1-5-10(8-11(15)16)14(13(18)19-4)9(3)7-12(17)20-6-2/h9-10H,5-8H2,1-4H3,(H,15,16). The smallest absolute Gasteiger partial charge is 0.410 e. The third kappa shape index (κ3) is 5.90. The second-order valence-corrected chi connectivity index (χ2v) is 4.40. The van der Waals surface area contributed by atoms with Crippen molar-refractivity contribution in [2.75, 3.05) is 13.7 Å². The molecule has 0 rings (SSSR count). The fourth-order valence-electron chi connectivity index (χ4n) is 1.99. The number of amides is 1. The van der Waals surface area contributed by atoms with Crippen molar-refractivity contribution in [3.05, 3.63) is 0 Å². The van der Waals surface area contributed by atoms with Gasteiger partial charge in [-0.1, -0.05) is 6.92 Å². The van der Waals surface area contributed by atoms with E-state index in [1.54, 1.807) is 20.8 Å². The maximum atomic E-state index is 11.8. The van der Waals surface area contributed by atoms with E-state index in [9.17, 15) is 14.4 Å². The summed E-state index contributed by atoms with van der Waals surface area (Å²) in [6.45, 7) is 5.40. The van der Waals surface area contributed by atoms with Gasteiger partial charge in [-0.15, -0.1) is 0 Å². The first kappa shape index (κ1) is 18.2. The molecule has 0 saturated carbocycles. The molecule has 2 unspecified atom stereocenters. The maximum absolute atomic E-state index is 11.8. The highest BCUT2D eigenvalue weighted by Gasteiger charge is 2.31. The minimum absolute atomic E-state index is 0.000933. The Morgan fingerprint density at radius 2 is 1.80 bits per heavy atom. The van der Waals surface area contributed by atoms with E-state index >= 15 is 0 Å². The maximum Gasteiger partial charge on any atom is 0.410 e. The molecule has 0 radical (unpaired) electrons. The van der Waals surface area contributed by atoms with Crippen molar-refractivity contribution >= 4 is 18.0 Å². The number of carboxylic acid groups (broad SMARTS) is 1. The SMILES string of the molecule is CCOC(=O)CC(C)N(C(=O)OC)C(CC)CC(=O)O. The number of rotatable bonds is 8. The third-order valence-electron chi connectivity index (χ3n) is 2.90. The average Bonchev–Trinajstić information content (AvgIpc) is 2.37. The zero-order valence-electron chi connectivity index (χ0n) is 12.4. The number of esters is 1. The molecule has 1 amide bonds. The van der Waals surface area contributed by atoms with Gasteiger partial charge in [0.2, 0.25) is 0 Å². The van der Waals surface area contributed by atoms with Crippen molar-refractivity contribution in [1.82, 2.24) is 4.90 Å². The fraction of sp³-hybridized carbons (Fsp3) is 0.769. The topological polar surface area (TPSA) is 93.1 Å². The summed E-state index contributed by atoms with van der Waals surface area (Å²) in [6.07, 6.45) is -0.387. The van der Waals surface area contributed by atoms with Gasteiger partial charge in [0.15, 0.2) is 0 Å². The van der Waals surface area contributed by atoms with E-state index in [0.717, 1.165) is 0 Å². The molecule has 0 aromatic carbocycles. The number of methoxy groups -OCH3 is 1. The average molecular weight is 289 g/mol. The molecule has 0 heterocycles. The summed E-state index contributed by atoms with van der Waals surface area (Å²) >= 11 is 0. The Bertz CT molecular complexity index is 344. The van der Waals surface area contributed by atoms with Crippen LogP contribution in [0.5, 0.6) is 0 Å². The molecule has 0 saturated heterocycles. The Morgan fingerprint density at radius 1 is 1.20 bits per heavy atom. The summed E-state index contributed by atoms with van der Waals surface area (Å²) in [7, 11) is 1.22. The summed E-state index contributed by atoms with van der Waals surface area (Å²) in [5.74, 6) is -1.44. The van der Waals surface area contributed by atoms with Crippen molar-refractivity contribution in [2.24, 2.45) is 0 Å². The number of hydrogen-bond acceptors (Lipinski definition) is 5. The van der Waals surface area contributed by atoms with Crippen LogP contribution in [0.25, 0.3) is 0 Å². The van der Waals surface area contributed by atoms with Crippen molar-refractivity contribution in [2.45, 2.75) is 52.1 Å². The van der Waals surface area contributed by atoms with E-state index in [-0.39, 0.29) is 19.4 Å². The summed E-state index contributed by atoms with van der Waals surface area (Å²) in [5, 5.41) is 8.90. The van der Waals surface area contributed by atoms with Crippen LogP contribution in [0.1, 0.15) is 40.0 Å². The Labute approximate surface area is 118 Å². The molecule has 0 bridgehead atoms. The lowest BCUT2D eigenvalue weighted by Crippen LogP contribution is -2.47. The van der Waals surface area contributed by atoms with Crippen molar-refractivity contribution in [3.8, 4) is 0 Å². The van der Waals surface area contributed by atoms with Gasteiger partial charge in [0.25, 0.3) is 0 Å². The van der Waals surface area contributed by atoms with E-state index in [1.807, 2.05) is 0 Å². The van der Waals surface area contributed by atoms with Gasteiger partial charge in [-0.3, -0.25) is 9.59 Å². The van der Waals surface area contributed by atoms with Gasteiger partial charge >= 0.3 is 18.0 Å². The van der Waals surface area contributed by atoms with Crippen LogP contribution < -0.4 is 0 Å². The van der Waals surface area contributed by atoms with Gasteiger partial charge in [-0.05, 0) is 20.3 Å². The number of hydrogen-bond donors (Lipinski definition) is 1. The van der Waals surface area contributed by atoms with E-state index in [4.69, 9.17) is 9.84 Å². The van der Waals surface area contributed by atoms with E-state index in [0.29, 0.717) is 6.42 Å². The highest BCUT2D eigenvalue weighted by molar-refractivity contribution is 5.74. The summed E-state index contributed by atoms with van der Waals surface area (Å²) < 4.78 is 9.52. The minimum Gasteiger partial charge on any atom is -0.481 e. The number of carbonyl (C=O) groups is 3. The van der Waals surface area contributed by atoms with E-state index < -0.39 is 30.1 Å². The van der Waals surface area contributed by atoms with Crippen LogP contribution in [0.2, 0.25) is 0 Å². The van der Waals surface area contributed by atoms with Crippen LogP contribution in [-0.4, -0.2) is 53.8 Å². The first-order valence-corrected chi connectivity index (χ1v) is 6.60. The van der Waals surface area contributed by atoms with Gasteiger partial charge in [0.1, 0.15) is 0 Å². The number of carboxylic acids is 1. The normalized spacial score (nSPS) is 13.2. The molecule has 2 atom stereocenters. The van der Waals surface area contributed by atoms with Crippen molar-refractivity contribution in [3.63, 3.8) is 0 Å². The number of carbonyl (C=O) groups excluding carboxylic acids is 2. The first-order chi connectivity index (χ1) is 9.37. The molecule has 0 aliphatic heterocycles. The van der Waals surface area contributed by atoms with Crippen molar-refractivity contribution in [1.29, 1.82) is 0 Å².